The van der Waals surface area contributed by atoms with Crippen LogP contribution in [-0.4, -0.2) is 32.8 Å². The number of aromatic nitrogens is 4. The van der Waals surface area contributed by atoms with Crippen LogP contribution in [0.5, 0.6) is 11.8 Å². The first-order chi connectivity index (χ1) is 9.74. The van der Waals surface area contributed by atoms with E-state index in [1.54, 1.807) is 0 Å². The van der Waals surface area contributed by atoms with Crippen LogP contribution in [-0.2, 0) is 0 Å². The lowest BCUT2D eigenvalue weighted by Crippen LogP contribution is -2.39. The summed E-state index contributed by atoms with van der Waals surface area (Å²) in [6.07, 6.45) is 3.14. The van der Waals surface area contributed by atoms with Crippen molar-refractivity contribution in [3.63, 3.8) is 0 Å². The Morgan fingerprint density at radius 2 is 1.25 bits per heavy atom. The summed E-state index contributed by atoms with van der Waals surface area (Å²) in [5.41, 5.74) is 11.1. The Labute approximate surface area is 113 Å². The molecule has 0 spiro atoms. The Morgan fingerprint density at radius 3 is 1.60 bits per heavy atom. The summed E-state index contributed by atoms with van der Waals surface area (Å²) in [7, 11) is 0. The highest BCUT2D eigenvalue weighted by atomic mass is 16.6. The van der Waals surface area contributed by atoms with Crippen molar-refractivity contribution in [2.75, 3.05) is 11.5 Å². The molecule has 0 aliphatic heterocycles. The first-order valence-corrected chi connectivity index (χ1v) is 6.23. The predicted octanol–water partition coefficient (Wildman–Crippen LogP) is 0.386. The molecule has 1 fully saturated rings. The van der Waals surface area contributed by atoms with Crippen LogP contribution in [0.15, 0.2) is 9.26 Å². The van der Waals surface area contributed by atoms with Gasteiger partial charge in [-0.3, -0.25) is 0 Å². The van der Waals surface area contributed by atoms with Crippen molar-refractivity contribution in [2.24, 2.45) is 0 Å². The fourth-order valence-corrected chi connectivity index (χ4v) is 2.16. The van der Waals surface area contributed by atoms with Gasteiger partial charge in [-0.25, -0.2) is 9.26 Å². The summed E-state index contributed by atoms with van der Waals surface area (Å²) < 4.78 is 20.4. The number of rotatable bonds is 4. The van der Waals surface area contributed by atoms with Crippen LogP contribution in [0.3, 0.4) is 0 Å². The SMILES string of the molecule is Nc1nonc1O[C@H]1CCCC[C@H]1Oc1nonc1N. The second-order valence-electron chi connectivity index (χ2n) is 4.51. The van der Waals surface area contributed by atoms with Crippen molar-refractivity contribution < 1.29 is 18.7 Å². The van der Waals surface area contributed by atoms with E-state index in [2.05, 4.69) is 29.9 Å². The van der Waals surface area contributed by atoms with Crippen molar-refractivity contribution >= 4 is 11.6 Å². The molecule has 3 rings (SSSR count). The standard InChI is InChI=1S/C10H14N6O4/c11-7-9(15-19-13-7)17-5-3-1-2-4-6(5)18-10-8(12)14-20-16-10/h5-6H,1-4H2,(H2,11,13)(H2,12,14)/t5-,6+. The van der Waals surface area contributed by atoms with E-state index in [1.807, 2.05) is 0 Å². The quantitative estimate of drug-likeness (QED) is 0.805. The van der Waals surface area contributed by atoms with Gasteiger partial charge in [0.2, 0.25) is 11.6 Å². The molecule has 1 aliphatic carbocycles. The van der Waals surface area contributed by atoms with E-state index in [1.165, 1.54) is 0 Å². The van der Waals surface area contributed by atoms with Gasteiger partial charge in [-0.15, -0.1) is 0 Å². The summed E-state index contributed by atoms with van der Waals surface area (Å²) in [5, 5.41) is 14.1. The van der Waals surface area contributed by atoms with Crippen molar-refractivity contribution in [3.8, 4) is 11.8 Å². The molecule has 0 radical (unpaired) electrons. The van der Waals surface area contributed by atoms with Crippen LogP contribution in [0.25, 0.3) is 0 Å². The van der Waals surface area contributed by atoms with Gasteiger partial charge in [0.15, 0.2) is 0 Å². The van der Waals surface area contributed by atoms with E-state index < -0.39 is 0 Å². The number of hydrogen-bond donors (Lipinski definition) is 2. The molecule has 2 heterocycles. The van der Waals surface area contributed by atoms with Gasteiger partial charge in [-0.05, 0) is 46.3 Å². The lowest BCUT2D eigenvalue weighted by molar-refractivity contribution is 0.0149. The Bertz CT molecular complexity index is 519. The third kappa shape index (κ3) is 2.44. The van der Waals surface area contributed by atoms with Gasteiger partial charge in [0.25, 0.3) is 0 Å². The zero-order valence-electron chi connectivity index (χ0n) is 10.6. The van der Waals surface area contributed by atoms with Crippen LogP contribution >= 0.6 is 0 Å². The molecule has 2 atom stereocenters. The normalized spacial score (nSPS) is 22.6. The van der Waals surface area contributed by atoms with E-state index in [0.717, 1.165) is 25.7 Å². The minimum Gasteiger partial charge on any atom is -0.466 e. The molecule has 0 unspecified atom stereocenters. The van der Waals surface area contributed by atoms with Crippen molar-refractivity contribution in [2.45, 2.75) is 37.9 Å². The minimum atomic E-state index is -0.242. The number of nitrogens with two attached hydrogens (primary N) is 2. The summed E-state index contributed by atoms with van der Waals surface area (Å²) in [6, 6.07) is 0. The fraction of sp³-hybridized carbons (Fsp3) is 0.600. The molecule has 20 heavy (non-hydrogen) atoms. The van der Waals surface area contributed by atoms with Crippen LogP contribution in [0.2, 0.25) is 0 Å². The average Bonchev–Trinajstić information content (AvgIpc) is 3.02. The van der Waals surface area contributed by atoms with Crippen molar-refractivity contribution in [1.82, 2.24) is 20.6 Å². The number of hydrogen-bond acceptors (Lipinski definition) is 10. The molecule has 0 bridgehead atoms. The van der Waals surface area contributed by atoms with Crippen molar-refractivity contribution in [1.29, 1.82) is 0 Å². The molecule has 0 amide bonds. The highest BCUT2D eigenvalue weighted by Crippen LogP contribution is 2.29. The molecule has 4 N–H and O–H groups in total. The largest absolute Gasteiger partial charge is 0.466 e. The molecule has 1 saturated carbocycles. The van der Waals surface area contributed by atoms with Crippen LogP contribution in [0.1, 0.15) is 25.7 Å². The van der Waals surface area contributed by atoms with Gasteiger partial charge in [0.1, 0.15) is 12.2 Å². The molecular formula is C10H14N6O4. The summed E-state index contributed by atoms with van der Waals surface area (Å²) in [6.45, 7) is 0. The van der Waals surface area contributed by atoms with Gasteiger partial charge < -0.3 is 20.9 Å². The summed E-state index contributed by atoms with van der Waals surface area (Å²) in [5.74, 6) is 0.544. The van der Waals surface area contributed by atoms with E-state index in [0.29, 0.717) is 0 Å². The van der Waals surface area contributed by atoms with Gasteiger partial charge in [-0.2, -0.15) is 0 Å². The first-order valence-electron chi connectivity index (χ1n) is 6.23. The number of nitrogen functional groups attached to an aromatic ring is 2. The minimum absolute atomic E-state index is 0.108. The van der Waals surface area contributed by atoms with E-state index >= 15 is 0 Å². The first kappa shape index (κ1) is 12.5. The van der Waals surface area contributed by atoms with Gasteiger partial charge in [0, 0.05) is 0 Å². The molecule has 1 aliphatic rings. The van der Waals surface area contributed by atoms with Crippen LogP contribution in [0, 0.1) is 0 Å². The van der Waals surface area contributed by atoms with E-state index in [-0.39, 0.29) is 35.6 Å². The third-order valence-corrected chi connectivity index (χ3v) is 3.13. The highest BCUT2D eigenvalue weighted by molar-refractivity contribution is 5.38. The molecular weight excluding hydrogens is 268 g/mol. The van der Waals surface area contributed by atoms with Crippen LogP contribution < -0.4 is 20.9 Å². The van der Waals surface area contributed by atoms with Crippen molar-refractivity contribution in [3.05, 3.63) is 0 Å². The zero-order chi connectivity index (χ0) is 13.9. The molecule has 10 heteroatoms. The second kappa shape index (κ2) is 5.23. The molecule has 0 aromatic carbocycles. The molecule has 2 aromatic heterocycles. The zero-order valence-corrected chi connectivity index (χ0v) is 10.6. The molecule has 2 aromatic rings. The monoisotopic (exact) mass is 282 g/mol. The topological polar surface area (TPSA) is 148 Å². The lowest BCUT2D eigenvalue weighted by atomic mass is 9.94. The number of anilines is 2. The Morgan fingerprint density at radius 1 is 0.800 bits per heavy atom. The Hall–Kier alpha value is -2.52. The molecule has 10 nitrogen and oxygen atoms in total. The van der Waals surface area contributed by atoms with E-state index in [9.17, 15) is 0 Å². The smallest absolute Gasteiger partial charge is 0.300 e. The lowest BCUT2D eigenvalue weighted by Gasteiger charge is -2.30. The van der Waals surface area contributed by atoms with Gasteiger partial charge in [0.05, 0.1) is 0 Å². The van der Waals surface area contributed by atoms with Crippen LogP contribution in [0.4, 0.5) is 11.6 Å². The maximum atomic E-state index is 5.69. The van der Waals surface area contributed by atoms with Gasteiger partial charge >= 0.3 is 11.8 Å². The maximum absolute atomic E-state index is 5.69. The summed E-state index contributed by atoms with van der Waals surface area (Å²) in [4.78, 5) is 0. The Balaban J connectivity index is 1.71. The number of nitrogens with zero attached hydrogens (tertiary/aromatic N) is 4. The molecule has 108 valence electrons. The Kier molecular flexibility index (Phi) is 3.27. The highest BCUT2D eigenvalue weighted by Gasteiger charge is 2.31. The summed E-state index contributed by atoms with van der Waals surface area (Å²) >= 11 is 0. The fourth-order valence-electron chi connectivity index (χ4n) is 2.16. The second-order valence-corrected chi connectivity index (χ2v) is 4.51. The van der Waals surface area contributed by atoms with E-state index in [4.69, 9.17) is 20.9 Å². The molecule has 0 saturated heterocycles. The van der Waals surface area contributed by atoms with Gasteiger partial charge in [-0.1, -0.05) is 0 Å². The number of ether oxygens (including phenoxy) is 2. The predicted molar refractivity (Wildman–Crippen MR) is 64.7 cm³/mol. The average molecular weight is 282 g/mol. The maximum Gasteiger partial charge on any atom is 0.300 e. The third-order valence-electron chi connectivity index (χ3n) is 3.13.